The van der Waals surface area contributed by atoms with Gasteiger partial charge in [-0.05, 0) is 103 Å². The second-order valence-corrected chi connectivity index (χ2v) is 10.1. The Kier molecular flexibility index (Phi) is 7.51. The van der Waals surface area contributed by atoms with Crippen LogP contribution in [-0.2, 0) is 6.54 Å². The first-order valence-electron chi connectivity index (χ1n) is 11.8. The smallest absolute Gasteiger partial charge is 0.159 e. The standard InChI is InChI=1S/C29H32ClF2N/c1-18-4-8-22(9-5-18)29-25(24-12-10-23(30)14-20(24)3)11-6-19(2)26(29)17-33-16-21-7-13-27(31)28(32)15-21/h4-5,7-10,12-15,19,25-26,29,33H,6,11,16-17H2,1-3H3. The minimum absolute atomic E-state index is 0.367. The molecule has 1 saturated carbocycles. The van der Waals surface area contributed by atoms with Crippen molar-refractivity contribution in [1.29, 1.82) is 0 Å². The maximum absolute atomic E-state index is 13.6. The Labute approximate surface area is 201 Å². The van der Waals surface area contributed by atoms with Crippen molar-refractivity contribution in [3.05, 3.63) is 105 Å². The lowest BCUT2D eigenvalue weighted by Gasteiger charge is -2.43. The highest BCUT2D eigenvalue weighted by Gasteiger charge is 2.39. The zero-order valence-electron chi connectivity index (χ0n) is 19.5. The highest BCUT2D eigenvalue weighted by atomic mass is 35.5. The van der Waals surface area contributed by atoms with Crippen LogP contribution in [-0.4, -0.2) is 6.54 Å². The molecule has 1 aliphatic carbocycles. The largest absolute Gasteiger partial charge is 0.312 e. The summed E-state index contributed by atoms with van der Waals surface area (Å²) in [5, 5.41) is 4.32. The molecular weight excluding hydrogens is 436 g/mol. The second kappa shape index (κ2) is 10.4. The van der Waals surface area contributed by atoms with Gasteiger partial charge in [0, 0.05) is 11.6 Å². The Morgan fingerprint density at radius 3 is 2.36 bits per heavy atom. The van der Waals surface area contributed by atoms with E-state index >= 15 is 0 Å². The van der Waals surface area contributed by atoms with Crippen LogP contribution in [0.4, 0.5) is 8.78 Å². The van der Waals surface area contributed by atoms with Gasteiger partial charge in [-0.3, -0.25) is 0 Å². The minimum atomic E-state index is -0.805. The maximum Gasteiger partial charge on any atom is 0.159 e. The molecule has 0 saturated heterocycles. The Morgan fingerprint density at radius 2 is 1.67 bits per heavy atom. The first kappa shape index (κ1) is 23.9. The van der Waals surface area contributed by atoms with E-state index in [-0.39, 0.29) is 0 Å². The molecule has 0 radical (unpaired) electrons. The molecule has 4 unspecified atom stereocenters. The lowest BCUT2D eigenvalue weighted by Crippen LogP contribution is -2.38. The molecule has 3 aromatic rings. The first-order valence-corrected chi connectivity index (χ1v) is 12.2. The third-order valence-corrected chi connectivity index (χ3v) is 7.58. The second-order valence-electron chi connectivity index (χ2n) is 9.64. The predicted octanol–water partition coefficient (Wildman–Crippen LogP) is 7.94. The maximum atomic E-state index is 13.6. The molecule has 0 amide bonds. The van der Waals surface area contributed by atoms with Gasteiger partial charge in [-0.15, -0.1) is 0 Å². The van der Waals surface area contributed by atoms with E-state index in [0.717, 1.165) is 30.0 Å². The Balaban J connectivity index is 1.62. The number of hydrogen-bond donors (Lipinski definition) is 1. The van der Waals surface area contributed by atoms with Gasteiger partial charge in [0.25, 0.3) is 0 Å². The summed E-state index contributed by atoms with van der Waals surface area (Å²) in [5.41, 5.74) is 6.01. The van der Waals surface area contributed by atoms with E-state index in [1.165, 1.54) is 34.4 Å². The monoisotopic (exact) mass is 467 g/mol. The summed E-state index contributed by atoms with van der Waals surface area (Å²) >= 11 is 6.27. The summed E-state index contributed by atoms with van der Waals surface area (Å²) in [7, 11) is 0. The average molecular weight is 468 g/mol. The molecule has 0 bridgehead atoms. The number of rotatable bonds is 6. The zero-order chi connectivity index (χ0) is 23.5. The molecule has 33 heavy (non-hydrogen) atoms. The minimum Gasteiger partial charge on any atom is -0.312 e. The molecule has 1 fully saturated rings. The van der Waals surface area contributed by atoms with Gasteiger partial charge in [0.1, 0.15) is 0 Å². The Morgan fingerprint density at radius 1 is 0.909 bits per heavy atom. The highest BCUT2D eigenvalue weighted by Crippen LogP contribution is 2.50. The summed E-state index contributed by atoms with van der Waals surface area (Å²) < 4.78 is 26.9. The molecule has 0 aliphatic heterocycles. The van der Waals surface area contributed by atoms with E-state index in [1.54, 1.807) is 6.07 Å². The zero-order valence-corrected chi connectivity index (χ0v) is 20.3. The van der Waals surface area contributed by atoms with Crippen LogP contribution in [0.3, 0.4) is 0 Å². The molecule has 0 aromatic heterocycles. The topological polar surface area (TPSA) is 12.0 Å². The molecule has 0 heterocycles. The fourth-order valence-corrected chi connectivity index (χ4v) is 5.75. The summed E-state index contributed by atoms with van der Waals surface area (Å²) in [6.07, 6.45) is 2.30. The van der Waals surface area contributed by atoms with E-state index < -0.39 is 11.6 Å². The van der Waals surface area contributed by atoms with Crippen LogP contribution in [0, 0.1) is 37.3 Å². The quantitative estimate of drug-likeness (QED) is 0.388. The molecule has 174 valence electrons. The van der Waals surface area contributed by atoms with Crippen LogP contribution < -0.4 is 5.32 Å². The SMILES string of the molecule is Cc1ccc(C2C(c3ccc(Cl)cc3C)CCC(C)C2CNCc2ccc(F)c(F)c2)cc1. The number of hydrogen-bond acceptors (Lipinski definition) is 1. The van der Waals surface area contributed by atoms with E-state index in [9.17, 15) is 8.78 Å². The lowest BCUT2D eigenvalue weighted by atomic mass is 9.62. The molecule has 4 rings (SSSR count). The molecule has 1 nitrogen and oxygen atoms in total. The average Bonchev–Trinajstić information content (AvgIpc) is 2.78. The van der Waals surface area contributed by atoms with Gasteiger partial charge in [-0.25, -0.2) is 8.78 Å². The molecule has 4 heteroatoms. The van der Waals surface area contributed by atoms with E-state index in [0.29, 0.717) is 30.2 Å². The number of benzene rings is 3. The normalized spacial score (nSPS) is 23.0. The van der Waals surface area contributed by atoms with Crippen LogP contribution in [0.5, 0.6) is 0 Å². The van der Waals surface area contributed by atoms with Crippen molar-refractivity contribution in [3.8, 4) is 0 Å². The molecule has 3 aromatic carbocycles. The number of halogens is 3. The van der Waals surface area contributed by atoms with Crippen molar-refractivity contribution in [3.63, 3.8) is 0 Å². The van der Waals surface area contributed by atoms with E-state index in [2.05, 4.69) is 62.5 Å². The Hall–Kier alpha value is -2.23. The van der Waals surface area contributed by atoms with Gasteiger partial charge in [-0.1, -0.05) is 60.5 Å². The van der Waals surface area contributed by atoms with Crippen LogP contribution in [0.15, 0.2) is 60.7 Å². The van der Waals surface area contributed by atoms with E-state index in [1.807, 2.05) is 6.07 Å². The molecule has 4 atom stereocenters. The van der Waals surface area contributed by atoms with Gasteiger partial charge in [0.2, 0.25) is 0 Å². The third kappa shape index (κ3) is 5.47. The highest BCUT2D eigenvalue weighted by molar-refractivity contribution is 6.30. The van der Waals surface area contributed by atoms with Crippen molar-refractivity contribution < 1.29 is 8.78 Å². The fraction of sp³-hybridized carbons (Fsp3) is 0.379. The van der Waals surface area contributed by atoms with Crippen molar-refractivity contribution >= 4 is 11.6 Å². The summed E-state index contributed by atoms with van der Waals surface area (Å²) in [6.45, 7) is 7.96. The van der Waals surface area contributed by atoms with Crippen molar-refractivity contribution in [1.82, 2.24) is 5.32 Å². The number of aryl methyl sites for hydroxylation is 2. The van der Waals surface area contributed by atoms with Gasteiger partial charge < -0.3 is 5.32 Å². The van der Waals surface area contributed by atoms with Gasteiger partial charge in [-0.2, -0.15) is 0 Å². The van der Waals surface area contributed by atoms with Crippen molar-refractivity contribution in [2.75, 3.05) is 6.54 Å². The third-order valence-electron chi connectivity index (χ3n) is 7.35. The van der Waals surface area contributed by atoms with Crippen LogP contribution in [0.25, 0.3) is 0 Å². The summed E-state index contributed by atoms with van der Waals surface area (Å²) in [6, 6.07) is 19.4. The molecule has 1 aliphatic rings. The molecule has 0 spiro atoms. The molecule has 1 N–H and O–H groups in total. The molecular formula is C29H32ClF2N. The van der Waals surface area contributed by atoms with Crippen LogP contribution in [0.1, 0.15) is 59.4 Å². The van der Waals surface area contributed by atoms with Gasteiger partial charge in [0.05, 0.1) is 0 Å². The van der Waals surface area contributed by atoms with E-state index in [4.69, 9.17) is 11.6 Å². The Bertz CT molecular complexity index is 1100. The predicted molar refractivity (Wildman–Crippen MR) is 133 cm³/mol. The summed E-state index contributed by atoms with van der Waals surface area (Å²) in [5.74, 6) is 0.156. The summed E-state index contributed by atoms with van der Waals surface area (Å²) in [4.78, 5) is 0. The fourth-order valence-electron chi connectivity index (χ4n) is 5.52. The van der Waals surface area contributed by atoms with Gasteiger partial charge in [0.15, 0.2) is 11.6 Å². The first-order chi connectivity index (χ1) is 15.8. The van der Waals surface area contributed by atoms with Gasteiger partial charge >= 0.3 is 0 Å². The van der Waals surface area contributed by atoms with Crippen molar-refractivity contribution in [2.24, 2.45) is 11.8 Å². The van der Waals surface area contributed by atoms with Crippen LogP contribution >= 0.6 is 11.6 Å². The van der Waals surface area contributed by atoms with Crippen LogP contribution in [0.2, 0.25) is 5.02 Å². The lowest BCUT2D eigenvalue weighted by molar-refractivity contribution is 0.187. The number of nitrogens with one attached hydrogen (secondary N) is 1. The van der Waals surface area contributed by atoms with Crippen molar-refractivity contribution in [2.45, 2.75) is 52.0 Å².